The Hall–Kier alpha value is -6.26. The van der Waals surface area contributed by atoms with E-state index in [0.717, 1.165) is 136 Å². The fourth-order valence-electron chi connectivity index (χ4n) is 11.8. The van der Waals surface area contributed by atoms with Crippen molar-refractivity contribution in [2.75, 3.05) is 75.7 Å². The number of fused-ring (bicyclic) bond motifs is 2. The smallest absolute Gasteiger partial charge is 0.262 e. The molecule has 4 aromatic rings. The number of halogens is 1. The molecule has 2 N–H and O–H groups in total. The Balaban J connectivity index is 0.603. The van der Waals surface area contributed by atoms with E-state index in [4.69, 9.17) is 4.74 Å². The van der Waals surface area contributed by atoms with Crippen molar-refractivity contribution in [3.63, 3.8) is 0 Å². The maximum absolute atomic E-state index is 14.1. The van der Waals surface area contributed by atoms with Crippen LogP contribution in [0.15, 0.2) is 72.9 Å². The van der Waals surface area contributed by atoms with Crippen LogP contribution in [0.2, 0.25) is 0 Å². The van der Waals surface area contributed by atoms with E-state index in [-0.39, 0.29) is 54.0 Å². The molecule has 15 nitrogen and oxygen atoms in total. The lowest BCUT2D eigenvalue weighted by molar-refractivity contribution is -0.136. The van der Waals surface area contributed by atoms with E-state index in [1.165, 1.54) is 6.07 Å². The van der Waals surface area contributed by atoms with Crippen LogP contribution in [-0.4, -0.2) is 138 Å². The molecule has 4 saturated heterocycles. The first-order valence-electron chi connectivity index (χ1n) is 25.4. The topological polar surface area (TPSA) is 165 Å². The van der Waals surface area contributed by atoms with Gasteiger partial charge < -0.3 is 19.9 Å². The highest BCUT2D eigenvalue weighted by Gasteiger charge is 2.45. The van der Waals surface area contributed by atoms with Crippen LogP contribution >= 0.6 is 0 Å². The predicted molar refractivity (Wildman–Crippen MR) is 262 cm³/mol. The van der Waals surface area contributed by atoms with Crippen LogP contribution in [0, 0.1) is 23.6 Å². The highest BCUT2D eigenvalue weighted by atomic mass is 19.1. The average Bonchev–Trinajstić information content (AvgIpc) is 3.62. The van der Waals surface area contributed by atoms with Gasteiger partial charge >= 0.3 is 0 Å². The van der Waals surface area contributed by atoms with Crippen LogP contribution in [0.4, 0.5) is 15.8 Å². The van der Waals surface area contributed by atoms with Gasteiger partial charge in [-0.1, -0.05) is 6.92 Å². The Kier molecular flexibility index (Phi) is 14.0. The zero-order valence-corrected chi connectivity index (χ0v) is 40.0. The van der Waals surface area contributed by atoms with Gasteiger partial charge in [-0.15, -0.1) is 0 Å². The minimum atomic E-state index is -0.979. The summed E-state index contributed by atoms with van der Waals surface area (Å²) in [7, 11) is 0. The number of benzene rings is 3. The molecule has 6 aliphatic rings. The van der Waals surface area contributed by atoms with Crippen molar-refractivity contribution in [2.24, 2.45) is 17.8 Å². The molecular weight excluding hydrogens is 892 g/mol. The van der Waals surface area contributed by atoms with E-state index in [0.29, 0.717) is 37.0 Å². The summed E-state index contributed by atoms with van der Waals surface area (Å²) in [5, 5.41) is 6.24. The molecule has 1 unspecified atom stereocenters. The monoisotopic (exact) mass is 954 g/mol. The first-order valence-corrected chi connectivity index (χ1v) is 25.4. The van der Waals surface area contributed by atoms with Gasteiger partial charge in [0, 0.05) is 94.0 Å². The highest BCUT2D eigenvalue weighted by molar-refractivity contribution is 6.23. The lowest BCUT2D eigenvalue weighted by atomic mass is 9.73. The normalized spacial score (nSPS) is 23.6. The van der Waals surface area contributed by atoms with Crippen LogP contribution in [0.25, 0.3) is 10.9 Å². The number of piperidine rings is 3. The van der Waals surface area contributed by atoms with Crippen LogP contribution < -0.4 is 20.3 Å². The first kappa shape index (κ1) is 47.4. The number of rotatable bonds is 12. The third-order valence-corrected chi connectivity index (χ3v) is 16.0. The Morgan fingerprint density at radius 1 is 0.771 bits per heavy atom. The summed E-state index contributed by atoms with van der Waals surface area (Å²) >= 11 is 0. The van der Waals surface area contributed by atoms with Crippen molar-refractivity contribution in [2.45, 2.75) is 89.2 Å². The summed E-state index contributed by atoms with van der Waals surface area (Å²) in [5.41, 5.74) is 4.17. The molecule has 1 aromatic heterocycles. The van der Waals surface area contributed by atoms with E-state index in [1.807, 2.05) is 54.4 Å². The Labute approximate surface area is 408 Å². The number of hydrogen-bond acceptors (Lipinski definition) is 11. The molecule has 5 aliphatic heterocycles. The molecule has 0 spiro atoms. The summed E-state index contributed by atoms with van der Waals surface area (Å²) in [4.78, 5) is 91.8. The largest absolute Gasteiger partial charge is 0.490 e. The number of carbonyl (C=O) groups is 6. The molecule has 3 aromatic carbocycles. The molecule has 16 heteroatoms. The number of likely N-dealkylation sites (tertiary alicyclic amines) is 2. The fraction of sp³-hybridized carbons (Fsp3) is 0.500. The van der Waals surface area contributed by atoms with Gasteiger partial charge in [0.1, 0.15) is 23.7 Å². The molecule has 6 heterocycles. The van der Waals surface area contributed by atoms with Crippen molar-refractivity contribution in [3.8, 4) is 5.75 Å². The maximum atomic E-state index is 14.1. The van der Waals surface area contributed by atoms with Gasteiger partial charge in [-0.25, -0.2) is 4.39 Å². The van der Waals surface area contributed by atoms with E-state index >= 15 is 0 Å². The number of carbonyl (C=O) groups excluding carboxylic acids is 6. The molecule has 5 fully saturated rings. The van der Waals surface area contributed by atoms with Gasteiger partial charge in [0.15, 0.2) is 0 Å². The zero-order valence-electron chi connectivity index (χ0n) is 40.0. The van der Waals surface area contributed by atoms with Gasteiger partial charge in [-0.3, -0.25) is 53.8 Å². The average molecular weight is 955 g/mol. The van der Waals surface area contributed by atoms with Crippen molar-refractivity contribution in [3.05, 3.63) is 95.4 Å². The molecule has 6 amide bonds. The second kappa shape index (κ2) is 20.6. The number of nitrogens with zero attached hydrogens (tertiary/aromatic N) is 6. The van der Waals surface area contributed by atoms with E-state index in [1.54, 1.807) is 24.3 Å². The van der Waals surface area contributed by atoms with Gasteiger partial charge in [0.05, 0.1) is 23.2 Å². The summed E-state index contributed by atoms with van der Waals surface area (Å²) in [6.45, 7) is 9.95. The third-order valence-electron chi connectivity index (χ3n) is 16.0. The van der Waals surface area contributed by atoms with Gasteiger partial charge in [-0.05, 0) is 148 Å². The number of anilines is 2. The van der Waals surface area contributed by atoms with Crippen molar-refractivity contribution < 1.29 is 37.9 Å². The molecule has 0 radical (unpaired) electrons. The highest BCUT2D eigenvalue weighted by Crippen LogP contribution is 2.41. The van der Waals surface area contributed by atoms with Crippen LogP contribution in [0.1, 0.15) is 103 Å². The minimum Gasteiger partial charge on any atom is -0.490 e. The molecular formula is C54H63FN8O7. The SMILES string of the molecule is C[C@@H](C(=O)Nc1ccc(OC2CCN(C(=O)CN3CCC(CN4CCN(c5ccc6c(c5)C(=O)N(C5CCC(=O)NC5=O)C6=O)CC4)CC3)CC2)cc1)[C@H]1CC[C@@H](c2ccnc3ccc(F)cc32)CC1. The number of nitrogens with one attached hydrogen (secondary N) is 2. The third kappa shape index (κ3) is 10.3. The number of imide groups is 2. The summed E-state index contributed by atoms with van der Waals surface area (Å²) in [6.07, 6.45) is 9.46. The van der Waals surface area contributed by atoms with Crippen molar-refractivity contribution >= 4 is 57.7 Å². The van der Waals surface area contributed by atoms with Crippen LogP contribution in [-0.2, 0) is 19.2 Å². The fourth-order valence-corrected chi connectivity index (χ4v) is 11.8. The molecule has 1 saturated carbocycles. The lowest BCUT2D eigenvalue weighted by Gasteiger charge is -2.40. The lowest BCUT2D eigenvalue weighted by Crippen LogP contribution is -2.54. The second-order valence-electron chi connectivity index (χ2n) is 20.4. The Morgan fingerprint density at radius 2 is 1.50 bits per heavy atom. The summed E-state index contributed by atoms with van der Waals surface area (Å²) in [5.74, 6) is -0.262. The standard InChI is InChI=1S/C54H63FN8O7/c1-34(36-2-4-37(5-3-36)43-16-21-56-47-13-6-38(55)30-45(43)47)51(66)57-39-7-10-41(11-8-39)70-42-19-24-62(25-20-42)50(65)33-59-22-17-35(18-23-59)32-60-26-28-61(29-27-60)40-9-12-44-46(31-40)54(69)63(53(44)68)48-14-15-49(64)58-52(48)67/h6-13,16,21,30-31,34-37,42,48H,2-5,14-15,17-20,22-29,32-33H2,1H3,(H,57,66)(H,58,64,67)/t34-,36-,37+,48?/m1/s1. The van der Waals surface area contributed by atoms with Crippen molar-refractivity contribution in [1.29, 1.82) is 0 Å². The van der Waals surface area contributed by atoms with Crippen LogP contribution in [0.3, 0.4) is 0 Å². The van der Waals surface area contributed by atoms with Crippen LogP contribution in [0.5, 0.6) is 5.75 Å². The number of hydrogen-bond donors (Lipinski definition) is 2. The Bertz CT molecular complexity index is 2630. The molecule has 70 heavy (non-hydrogen) atoms. The first-order chi connectivity index (χ1) is 33.9. The quantitative estimate of drug-likeness (QED) is 0.155. The summed E-state index contributed by atoms with van der Waals surface area (Å²) < 4.78 is 20.4. The molecule has 2 atom stereocenters. The Morgan fingerprint density at radius 3 is 2.23 bits per heavy atom. The predicted octanol–water partition coefficient (Wildman–Crippen LogP) is 6.23. The zero-order chi connectivity index (χ0) is 48.5. The summed E-state index contributed by atoms with van der Waals surface area (Å²) in [6, 6.07) is 18.7. The second-order valence-corrected chi connectivity index (χ2v) is 20.4. The molecule has 1 aliphatic carbocycles. The van der Waals surface area contributed by atoms with Gasteiger partial charge in [-0.2, -0.15) is 0 Å². The maximum Gasteiger partial charge on any atom is 0.262 e. The number of pyridine rings is 1. The molecule has 368 valence electrons. The number of piperazine rings is 1. The van der Waals surface area contributed by atoms with Gasteiger partial charge in [0.2, 0.25) is 23.6 Å². The number of aromatic nitrogens is 1. The number of ether oxygens (including phenoxy) is 1. The van der Waals surface area contributed by atoms with E-state index in [9.17, 15) is 33.2 Å². The number of amides is 6. The molecule has 10 rings (SSSR count). The van der Waals surface area contributed by atoms with Gasteiger partial charge in [0.25, 0.3) is 11.8 Å². The minimum absolute atomic E-state index is 0.0153. The van der Waals surface area contributed by atoms with Crippen molar-refractivity contribution in [1.82, 2.24) is 29.9 Å². The van der Waals surface area contributed by atoms with E-state index < -0.39 is 29.7 Å². The van der Waals surface area contributed by atoms with E-state index in [2.05, 4.69) is 30.3 Å². The molecule has 0 bridgehead atoms.